The maximum absolute atomic E-state index is 5.30. The largest absolute Gasteiger partial charge is 0.385 e. The molecule has 1 N–H and O–H groups in total. The van der Waals surface area contributed by atoms with Crippen LogP contribution in [0, 0.1) is 0 Å². The van der Waals surface area contributed by atoms with E-state index in [-0.39, 0.29) is 0 Å². The molecule has 0 amide bonds. The van der Waals surface area contributed by atoms with Gasteiger partial charge in [-0.1, -0.05) is 0 Å². The van der Waals surface area contributed by atoms with Crippen LogP contribution in [0.1, 0.15) is 19.8 Å². The Kier molecular flexibility index (Phi) is 15.7. The van der Waals surface area contributed by atoms with Gasteiger partial charge >= 0.3 is 0 Å². The van der Waals surface area contributed by atoms with Gasteiger partial charge in [0.15, 0.2) is 0 Å². The van der Waals surface area contributed by atoms with Crippen molar-refractivity contribution in [3.63, 3.8) is 0 Å². The molecule has 0 aliphatic rings. The molecule has 0 bridgehead atoms. The standard InChI is InChI=1S/C14H32N2O3/c1-4-19-13-5-7-15-8-10-16(11-14-18-3)9-6-12-17-2/h15H,4-14H2,1-3H3. The summed E-state index contributed by atoms with van der Waals surface area (Å²) < 4.78 is 15.5. The molecule has 5 nitrogen and oxygen atoms in total. The van der Waals surface area contributed by atoms with Gasteiger partial charge in [0.1, 0.15) is 0 Å². The molecule has 5 heteroatoms. The van der Waals surface area contributed by atoms with E-state index in [4.69, 9.17) is 14.2 Å². The van der Waals surface area contributed by atoms with Crippen molar-refractivity contribution in [2.24, 2.45) is 0 Å². The Balaban J connectivity index is 3.49. The van der Waals surface area contributed by atoms with Gasteiger partial charge in [-0.2, -0.15) is 0 Å². The van der Waals surface area contributed by atoms with Crippen LogP contribution in [0.25, 0.3) is 0 Å². The number of rotatable bonds is 15. The van der Waals surface area contributed by atoms with Crippen molar-refractivity contribution in [1.82, 2.24) is 10.2 Å². The van der Waals surface area contributed by atoms with Crippen LogP contribution in [0.5, 0.6) is 0 Å². The molecule has 0 saturated carbocycles. The third-order valence-electron chi connectivity index (χ3n) is 2.89. The molecule has 0 aromatic carbocycles. The Morgan fingerprint density at radius 1 is 0.842 bits per heavy atom. The van der Waals surface area contributed by atoms with E-state index < -0.39 is 0 Å². The zero-order chi connectivity index (χ0) is 14.2. The van der Waals surface area contributed by atoms with Crippen LogP contribution < -0.4 is 5.32 Å². The highest BCUT2D eigenvalue weighted by Crippen LogP contribution is 1.92. The Morgan fingerprint density at radius 2 is 1.63 bits per heavy atom. The fourth-order valence-corrected chi connectivity index (χ4v) is 1.79. The average Bonchev–Trinajstić information content (AvgIpc) is 2.43. The van der Waals surface area contributed by atoms with E-state index >= 15 is 0 Å². The minimum absolute atomic E-state index is 0.789. The highest BCUT2D eigenvalue weighted by atomic mass is 16.5. The van der Waals surface area contributed by atoms with Crippen molar-refractivity contribution in [2.45, 2.75) is 19.8 Å². The first-order valence-electron chi connectivity index (χ1n) is 7.33. The summed E-state index contributed by atoms with van der Waals surface area (Å²) in [5.74, 6) is 0. The molecule has 0 heterocycles. The number of hydrogen-bond acceptors (Lipinski definition) is 5. The van der Waals surface area contributed by atoms with Crippen LogP contribution in [0.15, 0.2) is 0 Å². The Bertz CT molecular complexity index is 171. The normalized spacial score (nSPS) is 11.4. The quantitative estimate of drug-likeness (QED) is 0.452. The van der Waals surface area contributed by atoms with Gasteiger partial charge in [-0.05, 0) is 26.3 Å². The molecule has 0 aromatic rings. The molecule has 0 fully saturated rings. The second kappa shape index (κ2) is 15.9. The molecule has 0 aliphatic carbocycles. The van der Waals surface area contributed by atoms with Crippen molar-refractivity contribution >= 4 is 0 Å². The molecule has 0 aliphatic heterocycles. The molecule has 0 aromatic heterocycles. The van der Waals surface area contributed by atoms with E-state index in [0.717, 1.165) is 72.0 Å². The van der Waals surface area contributed by atoms with Crippen molar-refractivity contribution in [3.05, 3.63) is 0 Å². The molecule has 0 spiro atoms. The van der Waals surface area contributed by atoms with Crippen LogP contribution in [0.3, 0.4) is 0 Å². The zero-order valence-electron chi connectivity index (χ0n) is 13.0. The number of nitrogens with one attached hydrogen (secondary N) is 1. The zero-order valence-corrected chi connectivity index (χ0v) is 13.0. The van der Waals surface area contributed by atoms with Crippen LogP contribution in [-0.2, 0) is 14.2 Å². The fraction of sp³-hybridized carbons (Fsp3) is 1.00. The van der Waals surface area contributed by atoms with Crippen LogP contribution >= 0.6 is 0 Å². The number of nitrogens with zero attached hydrogens (tertiary/aromatic N) is 1. The summed E-state index contributed by atoms with van der Waals surface area (Å²) in [6.07, 6.45) is 2.15. The van der Waals surface area contributed by atoms with Crippen molar-refractivity contribution in [1.29, 1.82) is 0 Å². The Labute approximate surface area is 118 Å². The lowest BCUT2D eigenvalue weighted by Crippen LogP contribution is -2.36. The number of methoxy groups -OCH3 is 2. The van der Waals surface area contributed by atoms with E-state index in [9.17, 15) is 0 Å². The van der Waals surface area contributed by atoms with Crippen molar-refractivity contribution in [2.75, 3.05) is 73.4 Å². The lowest BCUT2D eigenvalue weighted by atomic mass is 10.3. The van der Waals surface area contributed by atoms with Gasteiger partial charge in [-0.25, -0.2) is 0 Å². The molecule has 19 heavy (non-hydrogen) atoms. The molecule has 0 saturated heterocycles. The predicted octanol–water partition coefficient (Wildman–Crippen LogP) is 0.988. The first-order valence-corrected chi connectivity index (χ1v) is 7.33. The van der Waals surface area contributed by atoms with Gasteiger partial charge in [-0.3, -0.25) is 4.90 Å². The predicted molar refractivity (Wildman–Crippen MR) is 78.8 cm³/mol. The highest BCUT2D eigenvalue weighted by molar-refractivity contribution is 4.60. The Hall–Kier alpha value is -0.200. The van der Waals surface area contributed by atoms with E-state index in [0.29, 0.717) is 0 Å². The summed E-state index contributed by atoms with van der Waals surface area (Å²) >= 11 is 0. The van der Waals surface area contributed by atoms with Gasteiger partial charge in [0.25, 0.3) is 0 Å². The van der Waals surface area contributed by atoms with E-state index in [1.807, 2.05) is 6.92 Å². The van der Waals surface area contributed by atoms with Crippen molar-refractivity contribution < 1.29 is 14.2 Å². The summed E-state index contributed by atoms with van der Waals surface area (Å²) in [6, 6.07) is 0. The molecular formula is C14H32N2O3. The molecule has 0 radical (unpaired) electrons. The maximum atomic E-state index is 5.30. The summed E-state index contributed by atoms with van der Waals surface area (Å²) in [7, 11) is 3.50. The highest BCUT2D eigenvalue weighted by Gasteiger charge is 2.03. The summed E-state index contributed by atoms with van der Waals surface area (Å²) in [5, 5.41) is 3.45. The second-order valence-corrected chi connectivity index (χ2v) is 4.48. The lowest BCUT2D eigenvalue weighted by molar-refractivity contribution is 0.132. The third-order valence-corrected chi connectivity index (χ3v) is 2.89. The van der Waals surface area contributed by atoms with Gasteiger partial charge in [0, 0.05) is 60.2 Å². The molecule has 0 unspecified atom stereocenters. The van der Waals surface area contributed by atoms with E-state index in [2.05, 4.69) is 10.2 Å². The van der Waals surface area contributed by atoms with Crippen molar-refractivity contribution in [3.8, 4) is 0 Å². The lowest BCUT2D eigenvalue weighted by Gasteiger charge is -2.22. The second-order valence-electron chi connectivity index (χ2n) is 4.48. The number of hydrogen-bond donors (Lipinski definition) is 1. The van der Waals surface area contributed by atoms with Gasteiger partial charge in [-0.15, -0.1) is 0 Å². The molecule has 116 valence electrons. The first-order chi connectivity index (χ1) is 9.35. The molecule has 0 rings (SSSR count). The van der Waals surface area contributed by atoms with E-state index in [1.54, 1.807) is 14.2 Å². The minimum Gasteiger partial charge on any atom is -0.385 e. The monoisotopic (exact) mass is 276 g/mol. The first kappa shape index (κ1) is 18.8. The molecular weight excluding hydrogens is 244 g/mol. The fourth-order valence-electron chi connectivity index (χ4n) is 1.79. The van der Waals surface area contributed by atoms with Crippen LogP contribution in [0.4, 0.5) is 0 Å². The smallest absolute Gasteiger partial charge is 0.0589 e. The summed E-state index contributed by atoms with van der Waals surface area (Å²) in [6.45, 7) is 10.5. The van der Waals surface area contributed by atoms with Gasteiger partial charge in [0.05, 0.1) is 6.61 Å². The molecule has 0 atom stereocenters. The topological polar surface area (TPSA) is 43.0 Å². The summed E-state index contributed by atoms with van der Waals surface area (Å²) in [5.41, 5.74) is 0. The van der Waals surface area contributed by atoms with Gasteiger partial charge in [0.2, 0.25) is 0 Å². The SMILES string of the molecule is CCOCCCNCCN(CCCOC)CCOC. The minimum atomic E-state index is 0.789. The van der Waals surface area contributed by atoms with E-state index in [1.165, 1.54) is 0 Å². The van der Waals surface area contributed by atoms with Crippen LogP contribution in [0.2, 0.25) is 0 Å². The summed E-state index contributed by atoms with van der Waals surface area (Å²) in [4.78, 5) is 2.41. The van der Waals surface area contributed by atoms with Crippen LogP contribution in [-0.4, -0.2) is 78.3 Å². The average molecular weight is 276 g/mol. The van der Waals surface area contributed by atoms with Gasteiger partial charge < -0.3 is 19.5 Å². The maximum Gasteiger partial charge on any atom is 0.0589 e. The number of ether oxygens (including phenoxy) is 3. The Morgan fingerprint density at radius 3 is 2.32 bits per heavy atom. The third kappa shape index (κ3) is 14.0.